The standard InChI is InChI=1S/C12H20ClN3/c1-3-16-11(6-10(2)15-16)7-14-9-12(8-13)4-5-12/h6,14H,3-5,7-9H2,1-2H3. The molecule has 1 fully saturated rings. The molecule has 4 heteroatoms. The predicted molar refractivity (Wildman–Crippen MR) is 66.7 cm³/mol. The van der Waals surface area contributed by atoms with E-state index in [0.717, 1.165) is 31.2 Å². The lowest BCUT2D eigenvalue weighted by molar-refractivity contribution is 0.489. The Morgan fingerprint density at radius 2 is 2.31 bits per heavy atom. The molecular weight excluding hydrogens is 222 g/mol. The van der Waals surface area contributed by atoms with Crippen LogP contribution >= 0.6 is 11.6 Å². The lowest BCUT2D eigenvalue weighted by atomic mass is 10.1. The first-order valence-corrected chi connectivity index (χ1v) is 6.52. The van der Waals surface area contributed by atoms with Crippen LogP contribution in [0.4, 0.5) is 0 Å². The number of hydrogen-bond donors (Lipinski definition) is 1. The topological polar surface area (TPSA) is 29.9 Å². The van der Waals surface area contributed by atoms with Crippen LogP contribution in [0, 0.1) is 12.3 Å². The number of aromatic nitrogens is 2. The van der Waals surface area contributed by atoms with Crippen LogP contribution in [0.25, 0.3) is 0 Å². The van der Waals surface area contributed by atoms with Crippen molar-refractivity contribution < 1.29 is 0 Å². The molecule has 1 aliphatic rings. The second kappa shape index (κ2) is 4.76. The second-order valence-electron chi connectivity index (χ2n) is 4.83. The van der Waals surface area contributed by atoms with E-state index in [0.29, 0.717) is 5.41 Å². The summed E-state index contributed by atoms with van der Waals surface area (Å²) < 4.78 is 2.06. The summed E-state index contributed by atoms with van der Waals surface area (Å²) in [6.45, 7) is 7.02. The molecule has 90 valence electrons. The van der Waals surface area contributed by atoms with Crippen molar-refractivity contribution in [2.24, 2.45) is 5.41 Å². The van der Waals surface area contributed by atoms with E-state index in [1.807, 2.05) is 6.92 Å². The van der Waals surface area contributed by atoms with E-state index in [4.69, 9.17) is 11.6 Å². The number of aryl methyl sites for hydroxylation is 2. The highest BCUT2D eigenvalue weighted by Crippen LogP contribution is 2.45. The molecule has 0 spiro atoms. The molecule has 3 nitrogen and oxygen atoms in total. The number of hydrogen-bond acceptors (Lipinski definition) is 2. The fourth-order valence-corrected chi connectivity index (χ4v) is 2.37. The molecule has 1 N–H and O–H groups in total. The molecule has 1 saturated carbocycles. The third kappa shape index (κ3) is 2.58. The van der Waals surface area contributed by atoms with Gasteiger partial charge < -0.3 is 5.32 Å². The van der Waals surface area contributed by atoms with Crippen LogP contribution < -0.4 is 5.32 Å². The average molecular weight is 242 g/mol. The van der Waals surface area contributed by atoms with E-state index in [1.165, 1.54) is 18.5 Å². The normalized spacial score (nSPS) is 17.7. The van der Waals surface area contributed by atoms with E-state index in [9.17, 15) is 0 Å². The lowest BCUT2D eigenvalue weighted by Crippen LogP contribution is -2.25. The van der Waals surface area contributed by atoms with Gasteiger partial charge in [0.05, 0.1) is 11.4 Å². The summed E-state index contributed by atoms with van der Waals surface area (Å²) in [7, 11) is 0. The molecule has 0 aliphatic heterocycles. The van der Waals surface area contributed by atoms with Crippen molar-refractivity contribution in [1.82, 2.24) is 15.1 Å². The van der Waals surface area contributed by atoms with E-state index in [-0.39, 0.29) is 0 Å². The van der Waals surface area contributed by atoms with Crippen LogP contribution in [0.5, 0.6) is 0 Å². The Labute approximate surface area is 102 Å². The number of nitrogens with zero attached hydrogens (tertiary/aromatic N) is 2. The smallest absolute Gasteiger partial charge is 0.0597 e. The van der Waals surface area contributed by atoms with Crippen LogP contribution in [0.3, 0.4) is 0 Å². The monoisotopic (exact) mass is 241 g/mol. The number of halogens is 1. The van der Waals surface area contributed by atoms with Crippen LogP contribution in [-0.2, 0) is 13.1 Å². The first-order chi connectivity index (χ1) is 7.69. The lowest BCUT2D eigenvalue weighted by Gasteiger charge is -2.12. The van der Waals surface area contributed by atoms with Crippen LogP contribution in [0.2, 0.25) is 0 Å². The highest BCUT2D eigenvalue weighted by Gasteiger charge is 2.41. The molecule has 16 heavy (non-hydrogen) atoms. The summed E-state index contributed by atoms with van der Waals surface area (Å²) >= 11 is 5.94. The zero-order valence-corrected chi connectivity index (χ0v) is 10.8. The Kier molecular flexibility index (Phi) is 3.55. The molecule has 0 saturated heterocycles. The molecule has 0 radical (unpaired) electrons. The highest BCUT2D eigenvalue weighted by molar-refractivity contribution is 6.18. The van der Waals surface area contributed by atoms with Crippen molar-refractivity contribution in [3.63, 3.8) is 0 Å². The maximum absolute atomic E-state index is 5.94. The van der Waals surface area contributed by atoms with E-state index < -0.39 is 0 Å². The highest BCUT2D eigenvalue weighted by atomic mass is 35.5. The van der Waals surface area contributed by atoms with Gasteiger partial charge >= 0.3 is 0 Å². The predicted octanol–water partition coefficient (Wildman–Crippen LogP) is 2.32. The van der Waals surface area contributed by atoms with E-state index >= 15 is 0 Å². The quantitative estimate of drug-likeness (QED) is 0.775. The maximum atomic E-state index is 5.94. The average Bonchev–Trinajstić information content (AvgIpc) is 2.97. The number of alkyl halides is 1. The molecular formula is C12H20ClN3. The van der Waals surface area contributed by atoms with Crippen molar-refractivity contribution in [2.45, 2.75) is 39.8 Å². The van der Waals surface area contributed by atoms with E-state index in [2.05, 4.69) is 28.1 Å². The van der Waals surface area contributed by atoms with Crippen molar-refractivity contribution in [3.05, 3.63) is 17.5 Å². The van der Waals surface area contributed by atoms with Gasteiger partial charge in [-0.3, -0.25) is 4.68 Å². The Hall–Kier alpha value is -0.540. The van der Waals surface area contributed by atoms with Gasteiger partial charge in [0.25, 0.3) is 0 Å². The van der Waals surface area contributed by atoms with Crippen molar-refractivity contribution in [2.75, 3.05) is 12.4 Å². The molecule has 1 aromatic heterocycles. The van der Waals surface area contributed by atoms with Gasteiger partial charge in [-0.05, 0) is 38.2 Å². The summed E-state index contributed by atoms with van der Waals surface area (Å²) in [6, 6.07) is 2.15. The fourth-order valence-electron chi connectivity index (χ4n) is 2.01. The molecule has 2 rings (SSSR count). The molecule has 0 unspecified atom stereocenters. The minimum atomic E-state index is 0.396. The summed E-state index contributed by atoms with van der Waals surface area (Å²) in [5, 5.41) is 7.93. The zero-order chi connectivity index (χ0) is 11.6. The van der Waals surface area contributed by atoms with Gasteiger partial charge in [0.2, 0.25) is 0 Å². The molecule has 0 aromatic carbocycles. The third-order valence-electron chi connectivity index (χ3n) is 3.33. The second-order valence-corrected chi connectivity index (χ2v) is 5.10. The van der Waals surface area contributed by atoms with Gasteiger partial charge in [-0.15, -0.1) is 11.6 Å². The summed E-state index contributed by atoms with van der Waals surface area (Å²) in [4.78, 5) is 0. The van der Waals surface area contributed by atoms with Gasteiger partial charge in [-0.2, -0.15) is 5.10 Å². The molecule has 1 heterocycles. The Balaban J connectivity index is 1.84. The third-order valence-corrected chi connectivity index (χ3v) is 3.90. The summed E-state index contributed by atoms with van der Waals surface area (Å²) in [6.07, 6.45) is 2.55. The molecule has 0 bridgehead atoms. The first-order valence-electron chi connectivity index (χ1n) is 5.99. The molecule has 1 aliphatic carbocycles. The Bertz CT molecular complexity index is 355. The minimum Gasteiger partial charge on any atom is -0.311 e. The SMILES string of the molecule is CCn1nc(C)cc1CNCC1(CCl)CC1. The number of rotatable bonds is 6. The minimum absolute atomic E-state index is 0.396. The van der Waals surface area contributed by atoms with Gasteiger partial charge in [0.1, 0.15) is 0 Å². The van der Waals surface area contributed by atoms with Gasteiger partial charge in [0, 0.05) is 25.5 Å². The van der Waals surface area contributed by atoms with Crippen molar-refractivity contribution in [1.29, 1.82) is 0 Å². The van der Waals surface area contributed by atoms with Gasteiger partial charge in [-0.25, -0.2) is 0 Å². The van der Waals surface area contributed by atoms with Gasteiger partial charge in [0.15, 0.2) is 0 Å². The zero-order valence-electron chi connectivity index (χ0n) is 10.1. The maximum Gasteiger partial charge on any atom is 0.0597 e. The molecule has 0 atom stereocenters. The largest absolute Gasteiger partial charge is 0.311 e. The number of nitrogens with one attached hydrogen (secondary N) is 1. The van der Waals surface area contributed by atoms with Crippen molar-refractivity contribution >= 4 is 11.6 Å². The first kappa shape index (κ1) is 11.9. The summed E-state index contributed by atoms with van der Waals surface area (Å²) in [5.41, 5.74) is 2.76. The molecule has 0 amide bonds. The Morgan fingerprint density at radius 3 is 2.88 bits per heavy atom. The van der Waals surface area contributed by atoms with E-state index in [1.54, 1.807) is 0 Å². The Morgan fingerprint density at radius 1 is 1.56 bits per heavy atom. The molecule has 1 aromatic rings. The van der Waals surface area contributed by atoms with Crippen molar-refractivity contribution in [3.8, 4) is 0 Å². The van der Waals surface area contributed by atoms with Gasteiger partial charge in [-0.1, -0.05) is 0 Å². The fraction of sp³-hybridized carbons (Fsp3) is 0.750. The van der Waals surface area contributed by atoms with Crippen LogP contribution in [-0.4, -0.2) is 22.2 Å². The summed E-state index contributed by atoms with van der Waals surface area (Å²) in [5.74, 6) is 0.784. The van der Waals surface area contributed by atoms with Crippen LogP contribution in [0.1, 0.15) is 31.2 Å². The van der Waals surface area contributed by atoms with Crippen LogP contribution in [0.15, 0.2) is 6.07 Å².